The molecule has 2 aromatic carbocycles. The standard InChI is InChI=1S/C23H24N2O3S/c1-16-15-29-22(24-16)13-25(10-6-9-17-7-4-3-5-8-17)23(26)18-11-20(27-2)19-14-28-21(19)12-18/h3-5,7-8,11-12,15H,6,9-10,13-14H2,1-2H3. The minimum atomic E-state index is -0.0254. The summed E-state index contributed by atoms with van der Waals surface area (Å²) in [6, 6.07) is 14.0. The van der Waals surface area contributed by atoms with Crippen LogP contribution < -0.4 is 9.47 Å². The zero-order valence-electron chi connectivity index (χ0n) is 16.7. The lowest BCUT2D eigenvalue weighted by Crippen LogP contribution is -2.32. The van der Waals surface area contributed by atoms with Crippen molar-refractivity contribution in [3.05, 3.63) is 75.2 Å². The Balaban J connectivity index is 1.52. The van der Waals surface area contributed by atoms with E-state index in [4.69, 9.17) is 9.47 Å². The highest BCUT2D eigenvalue weighted by Crippen LogP contribution is 2.38. The fourth-order valence-electron chi connectivity index (χ4n) is 3.46. The molecule has 6 heteroatoms. The van der Waals surface area contributed by atoms with Gasteiger partial charge in [-0.05, 0) is 37.5 Å². The predicted octanol–water partition coefficient (Wildman–Crippen LogP) is 4.63. The lowest BCUT2D eigenvalue weighted by Gasteiger charge is -2.26. The van der Waals surface area contributed by atoms with Crippen LogP contribution in [0.1, 0.15) is 38.6 Å². The summed E-state index contributed by atoms with van der Waals surface area (Å²) in [7, 11) is 1.62. The maximum Gasteiger partial charge on any atom is 0.254 e. The quantitative estimate of drug-likeness (QED) is 0.545. The van der Waals surface area contributed by atoms with Crippen LogP contribution in [0.5, 0.6) is 11.5 Å². The summed E-state index contributed by atoms with van der Waals surface area (Å²) in [5.41, 5.74) is 3.88. The molecule has 3 aromatic rings. The maximum absolute atomic E-state index is 13.3. The molecule has 0 atom stereocenters. The van der Waals surface area contributed by atoms with E-state index in [0.29, 0.717) is 31.0 Å². The average Bonchev–Trinajstić information content (AvgIpc) is 3.13. The van der Waals surface area contributed by atoms with E-state index in [1.54, 1.807) is 18.4 Å². The second-order valence-corrected chi connectivity index (χ2v) is 8.09. The van der Waals surface area contributed by atoms with E-state index in [9.17, 15) is 4.79 Å². The smallest absolute Gasteiger partial charge is 0.254 e. The van der Waals surface area contributed by atoms with E-state index in [1.807, 2.05) is 47.5 Å². The van der Waals surface area contributed by atoms with Crippen molar-refractivity contribution in [2.45, 2.75) is 32.9 Å². The monoisotopic (exact) mass is 408 g/mol. The molecule has 1 aliphatic rings. The number of aromatic nitrogens is 1. The molecule has 29 heavy (non-hydrogen) atoms. The van der Waals surface area contributed by atoms with Gasteiger partial charge in [0.25, 0.3) is 5.91 Å². The summed E-state index contributed by atoms with van der Waals surface area (Å²) in [5, 5.41) is 2.96. The fourth-order valence-corrected chi connectivity index (χ4v) is 4.24. The zero-order chi connectivity index (χ0) is 20.2. The second-order valence-electron chi connectivity index (χ2n) is 7.14. The van der Waals surface area contributed by atoms with E-state index >= 15 is 0 Å². The molecule has 0 radical (unpaired) electrons. The second kappa shape index (κ2) is 8.66. The van der Waals surface area contributed by atoms with Gasteiger partial charge < -0.3 is 14.4 Å². The minimum absolute atomic E-state index is 0.0254. The minimum Gasteiger partial charge on any atom is -0.496 e. The molecule has 0 unspecified atom stereocenters. The number of ether oxygens (including phenoxy) is 2. The van der Waals surface area contributed by atoms with Crippen molar-refractivity contribution in [3.63, 3.8) is 0 Å². The Hall–Kier alpha value is -2.86. The molecular weight excluding hydrogens is 384 g/mol. The van der Waals surface area contributed by atoms with Gasteiger partial charge in [-0.15, -0.1) is 11.3 Å². The number of hydrogen-bond acceptors (Lipinski definition) is 5. The SMILES string of the molecule is COc1cc(C(=O)N(CCCc2ccccc2)Cc2nc(C)cs2)cc2c1CO2. The zero-order valence-corrected chi connectivity index (χ0v) is 17.5. The van der Waals surface area contributed by atoms with Crippen LogP contribution >= 0.6 is 11.3 Å². The van der Waals surface area contributed by atoms with Gasteiger partial charge in [-0.1, -0.05) is 30.3 Å². The van der Waals surface area contributed by atoms with Gasteiger partial charge >= 0.3 is 0 Å². The molecule has 0 fully saturated rings. The van der Waals surface area contributed by atoms with Crippen LogP contribution in [0.4, 0.5) is 0 Å². The molecule has 0 saturated carbocycles. The van der Waals surface area contributed by atoms with Gasteiger partial charge in [-0.2, -0.15) is 0 Å². The van der Waals surface area contributed by atoms with Crippen LogP contribution in [0.25, 0.3) is 0 Å². The maximum atomic E-state index is 13.3. The Kier molecular flexibility index (Phi) is 5.81. The number of hydrogen-bond donors (Lipinski definition) is 0. The van der Waals surface area contributed by atoms with Crippen molar-refractivity contribution in [2.24, 2.45) is 0 Å². The summed E-state index contributed by atoms with van der Waals surface area (Å²) in [4.78, 5) is 19.8. The number of carbonyl (C=O) groups excluding carboxylic acids is 1. The van der Waals surface area contributed by atoms with Gasteiger partial charge in [0.05, 0.1) is 19.2 Å². The molecule has 0 spiro atoms. The van der Waals surface area contributed by atoms with Gasteiger partial charge in [0.1, 0.15) is 23.1 Å². The summed E-state index contributed by atoms with van der Waals surface area (Å²) < 4.78 is 10.9. The van der Waals surface area contributed by atoms with E-state index < -0.39 is 0 Å². The number of fused-ring (bicyclic) bond motifs is 1. The number of rotatable bonds is 8. The molecule has 5 nitrogen and oxygen atoms in total. The number of amides is 1. The molecule has 2 heterocycles. The first kappa shape index (κ1) is 19.5. The van der Waals surface area contributed by atoms with Crippen LogP contribution in [0.3, 0.4) is 0 Å². The molecule has 0 N–H and O–H groups in total. The van der Waals surface area contributed by atoms with Crippen molar-refractivity contribution < 1.29 is 14.3 Å². The molecule has 0 bridgehead atoms. The molecule has 0 saturated heterocycles. The van der Waals surface area contributed by atoms with Crippen LogP contribution in [0, 0.1) is 6.92 Å². The highest BCUT2D eigenvalue weighted by atomic mass is 32.1. The van der Waals surface area contributed by atoms with Crippen LogP contribution in [0.15, 0.2) is 47.8 Å². The molecule has 1 aromatic heterocycles. The Morgan fingerprint density at radius 3 is 2.76 bits per heavy atom. The number of nitrogens with zero attached hydrogens (tertiary/aromatic N) is 2. The van der Waals surface area contributed by atoms with E-state index in [-0.39, 0.29) is 5.91 Å². The van der Waals surface area contributed by atoms with Gasteiger partial charge in [-0.25, -0.2) is 4.98 Å². The summed E-state index contributed by atoms with van der Waals surface area (Å²) in [6.45, 7) is 3.67. The number of benzene rings is 2. The summed E-state index contributed by atoms with van der Waals surface area (Å²) in [5.74, 6) is 1.43. The summed E-state index contributed by atoms with van der Waals surface area (Å²) in [6.07, 6.45) is 1.82. The Labute approximate surface area is 174 Å². The van der Waals surface area contributed by atoms with Gasteiger partial charge in [0.15, 0.2) is 0 Å². The molecule has 4 rings (SSSR count). The van der Waals surface area contributed by atoms with Crippen molar-refractivity contribution >= 4 is 17.2 Å². The topological polar surface area (TPSA) is 51.7 Å². The Morgan fingerprint density at radius 1 is 1.28 bits per heavy atom. The molecule has 1 amide bonds. The molecule has 150 valence electrons. The lowest BCUT2D eigenvalue weighted by atomic mass is 10.0. The third-order valence-corrected chi connectivity index (χ3v) is 5.97. The Bertz CT molecular complexity index is 1000. The van der Waals surface area contributed by atoms with Crippen molar-refractivity contribution in [2.75, 3.05) is 13.7 Å². The van der Waals surface area contributed by atoms with E-state index in [2.05, 4.69) is 17.1 Å². The van der Waals surface area contributed by atoms with Gasteiger partial charge in [0.2, 0.25) is 0 Å². The van der Waals surface area contributed by atoms with Crippen molar-refractivity contribution in [1.82, 2.24) is 9.88 Å². The van der Waals surface area contributed by atoms with Crippen LogP contribution in [-0.2, 0) is 19.6 Å². The average molecular weight is 409 g/mol. The fraction of sp³-hybridized carbons (Fsp3) is 0.304. The van der Waals surface area contributed by atoms with E-state index in [1.165, 1.54) is 5.56 Å². The van der Waals surface area contributed by atoms with Crippen molar-refractivity contribution in [3.8, 4) is 11.5 Å². The van der Waals surface area contributed by atoms with Crippen molar-refractivity contribution in [1.29, 1.82) is 0 Å². The number of aryl methyl sites for hydroxylation is 2. The first-order valence-electron chi connectivity index (χ1n) is 9.72. The highest BCUT2D eigenvalue weighted by Gasteiger charge is 2.25. The molecular formula is C23H24N2O3S. The van der Waals surface area contributed by atoms with Crippen LogP contribution in [-0.4, -0.2) is 29.4 Å². The number of thiazole rings is 1. The van der Waals surface area contributed by atoms with Gasteiger partial charge in [0, 0.05) is 23.2 Å². The highest BCUT2D eigenvalue weighted by molar-refractivity contribution is 7.09. The van der Waals surface area contributed by atoms with Crippen LogP contribution in [0.2, 0.25) is 0 Å². The lowest BCUT2D eigenvalue weighted by molar-refractivity contribution is 0.0739. The molecule has 0 aliphatic carbocycles. The third kappa shape index (κ3) is 4.43. The van der Waals surface area contributed by atoms with E-state index in [0.717, 1.165) is 34.9 Å². The Morgan fingerprint density at radius 2 is 2.10 bits per heavy atom. The number of carbonyl (C=O) groups is 1. The molecule has 1 aliphatic heterocycles. The third-order valence-electron chi connectivity index (χ3n) is 5.02. The predicted molar refractivity (Wildman–Crippen MR) is 114 cm³/mol. The first-order chi connectivity index (χ1) is 14.1. The normalized spacial score (nSPS) is 11.9. The first-order valence-corrected chi connectivity index (χ1v) is 10.6. The van der Waals surface area contributed by atoms with Gasteiger partial charge in [-0.3, -0.25) is 4.79 Å². The number of methoxy groups -OCH3 is 1. The summed E-state index contributed by atoms with van der Waals surface area (Å²) >= 11 is 1.59. The largest absolute Gasteiger partial charge is 0.496 e.